The van der Waals surface area contributed by atoms with Crippen LogP contribution in [0, 0.1) is 0 Å². The van der Waals surface area contributed by atoms with E-state index in [1.165, 1.54) is 0 Å². The summed E-state index contributed by atoms with van der Waals surface area (Å²) in [7, 11) is 0. The predicted molar refractivity (Wildman–Crippen MR) is 88.4 cm³/mol. The molecule has 0 spiro atoms. The number of nitrogens with one attached hydrogen (secondary N) is 2. The molecule has 0 bridgehead atoms. The van der Waals surface area contributed by atoms with Crippen molar-refractivity contribution < 1.29 is 9.47 Å². The Balaban J connectivity index is 1.60. The van der Waals surface area contributed by atoms with Gasteiger partial charge in [0.15, 0.2) is 17.1 Å². The zero-order valence-electron chi connectivity index (χ0n) is 13.4. The molecule has 2 N–H and O–H groups in total. The molecule has 0 saturated carbocycles. The summed E-state index contributed by atoms with van der Waals surface area (Å²) < 4.78 is 12.4. The van der Waals surface area contributed by atoms with Gasteiger partial charge in [0.05, 0.1) is 6.20 Å². The van der Waals surface area contributed by atoms with E-state index in [1.807, 2.05) is 32.0 Å². The van der Waals surface area contributed by atoms with Crippen molar-refractivity contribution in [1.82, 2.24) is 19.7 Å². The molecule has 2 aromatic heterocycles. The average Bonchev–Trinajstić information content (AvgIpc) is 3.19. The third-order valence-corrected chi connectivity index (χ3v) is 3.85. The molecule has 0 aliphatic carbocycles. The monoisotopic (exact) mass is 327 g/mol. The van der Waals surface area contributed by atoms with E-state index >= 15 is 0 Å². The fraction of sp³-hybridized carbons (Fsp3) is 0.312. The van der Waals surface area contributed by atoms with Crippen molar-refractivity contribution in [2.24, 2.45) is 0 Å². The Morgan fingerprint density at radius 1 is 1.33 bits per heavy atom. The van der Waals surface area contributed by atoms with Crippen LogP contribution in [0.5, 0.6) is 11.5 Å². The number of aromatic amines is 1. The number of anilines is 1. The predicted octanol–water partition coefficient (Wildman–Crippen LogP) is 2.04. The number of hydrogen-bond acceptors (Lipinski definition) is 6. The third kappa shape index (κ3) is 2.45. The van der Waals surface area contributed by atoms with E-state index in [0.717, 1.165) is 17.1 Å². The van der Waals surface area contributed by atoms with E-state index < -0.39 is 0 Å². The summed E-state index contributed by atoms with van der Waals surface area (Å²) in [4.78, 5) is 19.4. The second kappa shape index (κ2) is 5.55. The third-order valence-electron chi connectivity index (χ3n) is 3.85. The van der Waals surface area contributed by atoms with Gasteiger partial charge in [-0.05, 0) is 31.5 Å². The Labute approximate surface area is 137 Å². The highest BCUT2D eigenvalue weighted by Gasteiger charge is 2.14. The summed E-state index contributed by atoms with van der Waals surface area (Å²) >= 11 is 0. The molecule has 0 saturated heterocycles. The zero-order chi connectivity index (χ0) is 16.7. The van der Waals surface area contributed by atoms with E-state index in [-0.39, 0.29) is 18.4 Å². The number of fused-ring (bicyclic) bond motifs is 2. The Morgan fingerprint density at radius 2 is 2.17 bits per heavy atom. The average molecular weight is 327 g/mol. The Hall–Kier alpha value is -3.03. The first-order chi connectivity index (χ1) is 11.6. The molecule has 0 unspecified atom stereocenters. The maximum Gasteiger partial charge on any atom is 0.263 e. The lowest BCUT2D eigenvalue weighted by atomic mass is 10.2. The van der Waals surface area contributed by atoms with Gasteiger partial charge in [-0.15, -0.1) is 0 Å². The smallest absolute Gasteiger partial charge is 0.263 e. The first kappa shape index (κ1) is 14.6. The minimum absolute atomic E-state index is 0.124. The minimum Gasteiger partial charge on any atom is -0.454 e. The topological polar surface area (TPSA) is 94.1 Å². The number of aromatic nitrogens is 4. The van der Waals surface area contributed by atoms with E-state index in [2.05, 4.69) is 20.4 Å². The molecule has 24 heavy (non-hydrogen) atoms. The molecule has 1 aliphatic heterocycles. The van der Waals surface area contributed by atoms with Crippen LogP contribution in [0.4, 0.5) is 5.95 Å². The van der Waals surface area contributed by atoms with Gasteiger partial charge >= 0.3 is 0 Å². The van der Waals surface area contributed by atoms with Gasteiger partial charge in [-0.1, -0.05) is 6.07 Å². The molecule has 8 nitrogen and oxygen atoms in total. The summed E-state index contributed by atoms with van der Waals surface area (Å²) in [5.74, 6) is 1.88. The Morgan fingerprint density at radius 3 is 3.00 bits per heavy atom. The maximum atomic E-state index is 12.2. The van der Waals surface area contributed by atoms with Crippen LogP contribution in [-0.2, 0) is 6.54 Å². The van der Waals surface area contributed by atoms with E-state index in [1.54, 1.807) is 10.9 Å². The molecule has 3 aromatic rings. The van der Waals surface area contributed by atoms with Crippen LogP contribution >= 0.6 is 0 Å². The Bertz CT molecular complexity index is 960. The van der Waals surface area contributed by atoms with Gasteiger partial charge in [-0.25, -0.2) is 4.68 Å². The second-order valence-corrected chi connectivity index (χ2v) is 5.88. The standard InChI is InChI=1S/C16H17N5O3/c1-9(2)21-14-11(7-18-21)15(22)20-16(19-14)17-6-10-3-4-12-13(5-10)24-8-23-12/h3-5,7,9H,6,8H2,1-2H3,(H2,17,19,20,22). The zero-order valence-corrected chi connectivity index (χ0v) is 13.4. The maximum absolute atomic E-state index is 12.2. The molecule has 0 amide bonds. The normalized spacial score (nSPS) is 13.0. The molecule has 3 heterocycles. The van der Waals surface area contributed by atoms with Crippen LogP contribution < -0.4 is 20.3 Å². The van der Waals surface area contributed by atoms with Crippen molar-refractivity contribution in [3.05, 3.63) is 40.3 Å². The highest BCUT2D eigenvalue weighted by Crippen LogP contribution is 2.32. The summed E-state index contributed by atoms with van der Waals surface area (Å²) in [6.45, 7) is 4.74. The van der Waals surface area contributed by atoms with Gasteiger partial charge in [0.2, 0.25) is 12.7 Å². The molecule has 0 atom stereocenters. The number of hydrogen-bond donors (Lipinski definition) is 2. The quantitative estimate of drug-likeness (QED) is 0.761. The van der Waals surface area contributed by atoms with E-state index in [0.29, 0.717) is 23.5 Å². The minimum atomic E-state index is -0.208. The molecule has 0 radical (unpaired) electrons. The SMILES string of the molecule is CC(C)n1ncc2c(=O)[nH]c(NCc3ccc4c(c3)OCO4)nc21. The van der Waals surface area contributed by atoms with E-state index in [9.17, 15) is 4.79 Å². The largest absolute Gasteiger partial charge is 0.454 e. The van der Waals surface area contributed by atoms with Crippen molar-refractivity contribution in [2.75, 3.05) is 12.1 Å². The summed E-state index contributed by atoms with van der Waals surface area (Å²) in [5, 5.41) is 7.85. The lowest BCUT2D eigenvalue weighted by molar-refractivity contribution is 0.174. The van der Waals surface area contributed by atoms with Gasteiger partial charge in [-0.3, -0.25) is 9.78 Å². The first-order valence-electron chi connectivity index (χ1n) is 7.72. The first-order valence-corrected chi connectivity index (χ1v) is 7.72. The van der Waals surface area contributed by atoms with Crippen LogP contribution in [0.25, 0.3) is 11.0 Å². The van der Waals surface area contributed by atoms with Crippen molar-refractivity contribution >= 4 is 17.0 Å². The second-order valence-electron chi connectivity index (χ2n) is 5.88. The summed E-state index contributed by atoms with van der Waals surface area (Å²) in [6, 6.07) is 5.84. The number of H-pyrrole nitrogens is 1. The number of ether oxygens (including phenoxy) is 2. The molecule has 1 aromatic carbocycles. The molecule has 0 fully saturated rings. The fourth-order valence-electron chi connectivity index (χ4n) is 2.63. The summed E-state index contributed by atoms with van der Waals surface area (Å²) in [5.41, 5.74) is 1.36. The number of rotatable bonds is 4. The van der Waals surface area contributed by atoms with Crippen molar-refractivity contribution in [3.8, 4) is 11.5 Å². The van der Waals surface area contributed by atoms with Crippen molar-refractivity contribution in [2.45, 2.75) is 26.4 Å². The van der Waals surface area contributed by atoms with Crippen LogP contribution in [0.2, 0.25) is 0 Å². The fourth-order valence-corrected chi connectivity index (χ4v) is 2.63. The molecule has 8 heteroatoms. The van der Waals surface area contributed by atoms with Gasteiger partial charge in [0.1, 0.15) is 5.39 Å². The number of nitrogens with zero attached hydrogens (tertiary/aromatic N) is 3. The Kier molecular flexibility index (Phi) is 3.37. The highest BCUT2D eigenvalue weighted by atomic mass is 16.7. The van der Waals surface area contributed by atoms with Gasteiger partial charge in [0.25, 0.3) is 5.56 Å². The van der Waals surface area contributed by atoms with Gasteiger partial charge in [0, 0.05) is 12.6 Å². The van der Waals surface area contributed by atoms with Crippen LogP contribution in [0.15, 0.2) is 29.2 Å². The van der Waals surface area contributed by atoms with Crippen LogP contribution in [0.1, 0.15) is 25.5 Å². The lowest BCUT2D eigenvalue weighted by Crippen LogP contribution is -2.14. The molecular weight excluding hydrogens is 310 g/mol. The van der Waals surface area contributed by atoms with Gasteiger partial charge in [-0.2, -0.15) is 10.1 Å². The molecular formula is C16H17N5O3. The highest BCUT2D eigenvalue weighted by molar-refractivity contribution is 5.74. The van der Waals surface area contributed by atoms with Crippen LogP contribution in [-0.4, -0.2) is 26.5 Å². The molecule has 124 valence electrons. The van der Waals surface area contributed by atoms with Gasteiger partial charge < -0.3 is 14.8 Å². The van der Waals surface area contributed by atoms with Crippen molar-refractivity contribution in [3.63, 3.8) is 0 Å². The van der Waals surface area contributed by atoms with Crippen molar-refractivity contribution in [1.29, 1.82) is 0 Å². The van der Waals surface area contributed by atoms with Crippen LogP contribution in [0.3, 0.4) is 0 Å². The molecule has 4 rings (SSSR count). The summed E-state index contributed by atoms with van der Waals surface area (Å²) in [6.07, 6.45) is 1.54. The van der Waals surface area contributed by atoms with E-state index in [4.69, 9.17) is 9.47 Å². The number of benzene rings is 1. The lowest BCUT2D eigenvalue weighted by Gasteiger charge is -2.09. The molecule has 1 aliphatic rings.